The van der Waals surface area contributed by atoms with Crippen LogP contribution in [0.25, 0.3) is 0 Å². The topological polar surface area (TPSA) is 38.1 Å². The number of rotatable bonds is 4. The summed E-state index contributed by atoms with van der Waals surface area (Å²) < 4.78 is 1.89. The molecule has 0 aliphatic carbocycles. The van der Waals surface area contributed by atoms with Gasteiger partial charge in [0.15, 0.2) is 5.16 Å². The molecule has 3 rings (SSSR count). The van der Waals surface area contributed by atoms with E-state index in [1.54, 1.807) is 42.2 Å². The number of nitrogens with zero attached hydrogens (tertiary/aromatic N) is 3. The average molecular weight is 336 g/mol. The summed E-state index contributed by atoms with van der Waals surface area (Å²) in [4.78, 5) is 19.3. The van der Waals surface area contributed by atoms with Gasteiger partial charge in [-0.1, -0.05) is 23.4 Å². The highest BCUT2D eigenvalue weighted by molar-refractivity contribution is 7.99. The lowest BCUT2D eigenvalue weighted by Crippen LogP contribution is -2.15. The van der Waals surface area contributed by atoms with Crippen molar-refractivity contribution in [2.24, 2.45) is 7.05 Å². The van der Waals surface area contributed by atoms with Crippen LogP contribution in [0.15, 0.2) is 35.6 Å². The highest BCUT2D eigenvalue weighted by atomic mass is 35.5. The van der Waals surface area contributed by atoms with Crippen molar-refractivity contribution in [1.82, 2.24) is 14.5 Å². The second-order valence-electron chi connectivity index (χ2n) is 5.61. The number of thioether (sulfide) groups is 1. The second-order valence-corrected chi connectivity index (χ2v) is 7.32. The summed E-state index contributed by atoms with van der Waals surface area (Å²) in [6.07, 6.45) is 2.83. The van der Waals surface area contributed by atoms with Crippen LogP contribution in [-0.4, -0.2) is 45.6 Å². The fraction of sp³-hybridized carbons (Fsp3) is 0.375. The number of imidazole rings is 1. The van der Waals surface area contributed by atoms with E-state index in [0.717, 1.165) is 24.7 Å². The zero-order valence-electron chi connectivity index (χ0n) is 12.6. The fourth-order valence-corrected chi connectivity index (χ4v) is 3.95. The number of hydrogen-bond donors (Lipinski definition) is 0. The molecular weight excluding hydrogens is 318 g/mol. The van der Waals surface area contributed by atoms with Gasteiger partial charge < -0.3 is 9.47 Å². The molecule has 6 heteroatoms. The standard InChI is InChI=1S/C16H18ClN3OS/c1-19-8-7-13(10-19)22-16-18-9-14(20(16)2)15(21)11-3-5-12(17)6-4-11/h3-6,9,13H,7-8,10H2,1-2H3. The first-order valence-electron chi connectivity index (χ1n) is 7.22. The van der Waals surface area contributed by atoms with Gasteiger partial charge in [0.25, 0.3) is 0 Å². The molecule has 0 radical (unpaired) electrons. The summed E-state index contributed by atoms with van der Waals surface area (Å²) in [5, 5.41) is 2.07. The molecule has 1 aromatic carbocycles. The summed E-state index contributed by atoms with van der Waals surface area (Å²) in [6.45, 7) is 2.19. The van der Waals surface area contributed by atoms with Gasteiger partial charge in [-0.2, -0.15) is 0 Å². The lowest BCUT2D eigenvalue weighted by Gasteiger charge is -2.10. The van der Waals surface area contributed by atoms with Crippen molar-refractivity contribution in [2.45, 2.75) is 16.8 Å². The summed E-state index contributed by atoms with van der Waals surface area (Å²) in [5.74, 6) is -0.0259. The Kier molecular flexibility index (Phi) is 4.57. The Balaban J connectivity index is 1.78. The van der Waals surface area contributed by atoms with Crippen LogP contribution in [0.2, 0.25) is 5.02 Å². The molecule has 1 fully saturated rings. The quantitative estimate of drug-likeness (QED) is 0.805. The van der Waals surface area contributed by atoms with Gasteiger partial charge in [0.05, 0.1) is 6.20 Å². The molecule has 1 aliphatic rings. The predicted octanol–water partition coefficient (Wildman–Crippen LogP) is 3.10. The van der Waals surface area contributed by atoms with Crippen molar-refractivity contribution in [3.63, 3.8) is 0 Å². The third kappa shape index (κ3) is 3.21. The Morgan fingerprint density at radius 2 is 2.05 bits per heavy atom. The van der Waals surface area contributed by atoms with E-state index >= 15 is 0 Å². The third-order valence-electron chi connectivity index (χ3n) is 3.90. The summed E-state index contributed by atoms with van der Waals surface area (Å²) in [6, 6.07) is 6.96. The predicted molar refractivity (Wildman–Crippen MR) is 89.9 cm³/mol. The summed E-state index contributed by atoms with van der Waals surface area (Å²) >= 11 is 7.62. The Hall–Kier alpha value is -1.30. The lowest BCUT2D eigenvalue weighted by molar-refractivity contribution is 0.103. The molecule has 1 aliphatic heterocycles. The highest BCUT2D eigenvalue weighted by Crippen LogP contribution is 2.29. The Bertz CT molecular complexity index is 683. The molecule has 0 bridgehead atoms. The molecule has 1 unspecified atom stereocenters. The van der Waals surface area contributed by atoms with E-state index in [1.807, 2.05) is 11.6 Å². The number of halogens is 1. The van der Waals surface area contributed by atoms with Crippen molar-refractivity contribution in [1.29, 1.82) is 0 Å². The molecule has 1 saturated heterocycles. The van der Waals surface area contributed by atoms with E-state index in [1.165, 1.54) is 0 Å². The van der Waals surface area contributed by atoms with Crippen molar-refractivity contribution in [3.05, 3.63) is 46.7 Å². The molecule has 0 amide bonds. The molecule has 2 aromatic rings. The van der Waals surface area contributed by atoms with Crippen LogP contribution in [0.4, 0.5) is 0 Å². The van der Waals surface area contributed by atoms with Gasteiger partial charge in [-0.3, -0.25) is 4.79 Å². The molecule has 2 heterocycles. The molecule has 0 saturated carbocycles. The van der Waals surface area contributed by atoms with Crippen molar-refractivity contribution >= 4 is 29.1 Å². The first-order chi connectivity index (χ1) is 10.5. The van der Waals surface area contributed by atoms with E-state index in [0.29, 0.717) is 21.5 Å². The fourth-order valence-electron chi connectivity index (χ4n) is 2.60. The first-order valence-corrected chi connectivity index (χ1v) is 8.47. The molecule has 0 N–H and O–H groups in total. The number of aromatic nitrogens is 2. The van der Waals surface area contributed by atoms with Gasteiger partial charge >= 0.3 is 0 Å². The van der Waals surface area contributed by atoms with Crippen LogP contribution in [0.3, 0.4) is 0 Å². The number of likely N-dealkylation sites (tertiary alicyclic amines) is 1. The van der Waals surface area contributed by atoms with Crippen molar-refractivity contribution in [2.75, 3.05) is 20.1 Å². The zero-order chi connectivity index (χ0) is 15.7. The van der Waals surface area contributed by atoms with Crippen LogP contribution < -0.4 is 0 Å². The number of hydrogen-bond acceptors (Lipinski definition) is 4. The Morgan fingerprint density at radius 1 is 1.32 bits per heavy atom. The Morgan fingerprint density at radius 3 is 2.68 bits per heavy atom. The van der Waals surface area contributed by atoms with E-state index in [-0.39, 0.29) is 5.78 Å². The SMILES string of the molecule is CN1CCC(Sc2ncc(C(=O)c3ccc(Cl)cc3)n2C)C1. The number of carbonyl (C=O) groups excluding carboxylic acids is 1. The molecule has 22 heavy (non-hydrogen) atoms. The van der Waals surface area contributed by atoms with Gasteiger partial charge in [-0.25, -0.2) is 4.98 Å². The van der Waals surface area contributed by atoms with Crippen LogP contribution in [0.5, 0.6) is 0 Å². The van der Waals surface area contributed by atoms with Crippen LogP contribution in [0, 0.1) is 0 Å². The van der Waals surface area contributed by atoms with Crippen LogP contribution >= 0.6 is 23.4 Å². The highest BCUT2D eigenvalue weighted by Gasteiger charge is 2.23. The largest absolute Gasteiger partial charge is 0.319 e. The van der Waals surface area contributed by atoms with Crippen molar-refractivity contribution in [3.8, 4) is 0 Å². The number of carbonyl (C=O) groups is 1. The second kappa shape index (κ2) is 6.44. The minimum atomic E-state index is -0.0259. The van der Waals surface area contributed by atoms with Crippen LogP contribution in [-0.2, 0) is 7.05 Å². The van der Waals surface area contributed by atoms with Gasteiger partial charge in [0.2, 0.25) is 5.78 Å². The van der Waals surface area contributed by atoms with E-state index in [4.69, 9.17) is 11.6 Å². The molecule has 116 valence electrons. The van der Waals surface area contributed by atoms with Crippen LogP contribution in [0.1, 0.15) is 22.5 Å². The van der Waals surface area contributed by atoms with Gasteiger partial charge in [-0.15, -0.1) is 0 Å². The molecule has 1 aromatic heterocycles. The van der Waals surface area contributed by atoms with E-state index in [9.17, 15) is 4.79 Å². The summed E-state index contributed by atoms with van der Waals surface area (Å²) in [5.41, 5.74) is 1.24. The molecule has 0 spiro atoms. The normalized spacial score (nSPS) is 18.8. The molecule has 4 nitrogen and oxygen atoms in total. The maximum Gasteiger partial charge on any atom is 0.211 e. The minimum absolute atomic E-state index is 0.0259. The number of benzene rings is 1. The van der Waals surface area contributed by atoms with Gasteiger partial charge in [-0.05, 0) is 44.3 Å². The number of ketones is 1. The lowest BCUT2D eigenvalue weighted by atomic mass is 10.1. The minimum Gasteiger partial charge on any atom is -0.319 e. The van der Waals surface area contributed by atoms with E-state index in [2.05, 4.69) is 16.9 Å². The van der Waals surface area contributed by atoms with Gasteiger partial charge in [0, 0.05) is 29.4 Å². The average Bonchev–Trinajstić information content (AvgIpc) is 3.07. The van der Waals surface area contributed by atoms with Crippen molar-refractivity contribution < 1.29 is 4.79 Å². The third-order valence-corrected chi connectivity index (χ3v) is 5.46. The monoisotopic (exact) mass is 335 g/mol. The van der Waals surface area contributed by atoms with E-state index < -0.39 is 0 Å². The maximum atomic E-state index is 12.6. The maximum absolute atomic E-state index is 12.6. The first kappa shape index (κ1) is 15.6. The van der Waals surface area contributed by atoms with Gasteiger partial charge in [0.1, 0.15) is 5.69 Å². The zero-order valence-corrected chi connectivity index (χ0v) is 14.2. The smallest absolute Gasteiger partial charge is 0.211 e. The molecule has 1 atom stereocenters. The Labute approximate surface area is 139 Å². The molecular formula is C16H18ClN3OS. The summed E-state index contributed by atoms with van der Waals surface area (Å²) in [7, 11) is 4.03.